The van der Waals surface area contributed by atoms with Gasteiger partial charge in [0.2, 0.25) is 5.75 Å². The van der Waals surface area contributed by atoms with E-state index in [9.17, 15) is 20.2 Å². The number of nitrogens with one attached hydrogen (secondary N) is 1. The minimum absolute atomic E-state index is 0.0311. The molecule has 1 N–H and O–H groups in total. The predicted molar refractivity (Wildman–Crippen MR) is 134 cm³/mol. The maximum Gasteiger partial charge on any atom is 0.312 e. The van der Waals surface area contributed by atoms with Crippen LogP contribution in [-0.4, -0.2) is 17.9 Å². The first-order valence-corrected chi connectivity index (χ1v) is 10.7. The van der Waals surface area contributed by atoms with Gasteiger partial charge in [0, 0.05) is 11.8 Å². The summed E-state index contributed by atoms with van der Waals surface area (Å²) in [5, 5.41) is 23.8. The highest BCUT2D eigenvalue weighted by atomic mass is 16.6. The van der Waals surface area contributed by atoms with Crippen molar-refractivity contribution in [2.24, 2.45) is 0 Å². The quantitative estimate of drug-likeness (QED) is 0.189. The smallest absolute Gasteiger partial charge is 0.312 e. The number of methoxy groups -OCH3 is 1. The number of hydrogen-bond donors (Lipinski definition) is 1. The molecular weight excluding hydrogens is 446 g/mol. The second-order valence-electron chi connectivity index (χ2n) is 8.71. The first-order chi connectivity index (χ1) is 16.6. The first-order valence-electron chi connectivity index (χ1n) is 10.7. The number of benzene rings is 3. The lowest BCUT2D eigenvalue weighted by molar-refractivity contribution is -0.385. The lowest BCUT2D eigenvalue weighted by Gasteiger charge is -2.19. The summed E-state index contributed by atoms with van der Waals surface area (Å²) in [6.07, 6.45) is 1.29. The fourth-order valence-electron chi connectivity index (χ4n) is 3.19. The molecule has 35 heavy (non-hydrogen) atoms. The molecule has 0 aromatic heterocycles. The van der Waals surface area contributed by atoms with Crippen LogP contribution in [0.4, 0.5) is 11.4 Å². The summed E-state index contributed by atoms with van der Waals surface area (Å²) < 4.78 is 10.8. The minimum atomic E-state index is -0.639. The van der Waals surface area contributed by atoms with E-state index in [0.29, 0.717) is 22.7 Å². The fraction of sp³-hybridized carbons (Fsp3) is 0.185. The Kier molecular flexibility index (Phi) is 7.52. The predicted octanol–water partition coefficient (Wildman–Crippen LogP) is 6.24. The second-order valence-corrected chi connectivity index (χ2v) is 8.71. The van der Waals surface area contributed by atoms with Crippen LogP contribution < -0.4 is 14.8 Å². The van der Waals surface area contributed by atoms with Gasteiger partial charge in [0.1, 0.15) is 23.1 Å². The number of nitro groups is 1. The van der Waals surface area contributed by atoms with Crippen LogP contribution >= 0.6 is 0 Å². The Morgan fingerprint density at radius 1 is 1.03 bits per heavy atom. The number of hydrogen-bond acceptors (Lipinski definition) is 6. The number of nitrogens with zero attached hydrogens (tertiary/aromatic N) is 2. The van der Waals surface area contributed by atoms with Crippen molar-refractivity contribution < 1.29 is 19.2 Å². The summed E-state index contributed by atoms with van der Waals surface area (Å²) in [4.78, 5) is 23.6. The van der Waals surface area contributed by atoms with Crippen molar-refractivity contribution in [2.45, 2.75) is 26.2 Å². The Bertz CT molecular complexity index is 1300. The molecule has 0 aliphatic rings. The molecule has 0 bridgehead atoms. The van der Waals surface area contributed by atoms with Gasteiger partial charge in [0.05, 0.1) is 12.0 Å². The van der Waals surface area contributed by atoms with Crippen molar-refractivity contribution in [2.75, 3.05) is 12.4 Å². The summed E-state index contributed by atoms with van der Waals surface area (Å²) in [5.74, 6) is 0.497. The van der Waals surface area contributed by atoms with Gasteiger partial charge < -0.3 is 14.8 Å². The van der Waals surface area contributed by atoms with Crippen molar-refractivity contribution in [1.29, 1.82) is 5.26 Å². The molecule has 0 radical (unpaired) electrons. The van der Waals surface area contributed by atoms with Crippen molar-refractivity contribution in [3.8, 4) is 23.3 Å². The van der Waals surface area contributed by atoms with E-state index >= 15 is 0 Å². The zero-order valence-electron chi connectivity index (χ0n) is 19.9. The molecule has 0 unspecified atom stereocenters. The number of amides is 1. The zero-order chi connectivity index (χ0) is 25.6. The van der Waals surface area contributed by atoms with E-state index in [1.54, 1.807) is 42.5 Å². The number of ether oxygens (including phenoxy) is 2. The maximum absolute atomic E-state index is 12.5. The van der Waals surface area contributed by atoms with Gasteiger partial charge in [-0.15, -0.1) is 0 Å². The molecule has 3 aromatic rings. The molecule has 178 valence electrons. The lowest BCUT2D eigenvalue weighted by atomic mass is 9.87. The van der Waals surface area contributed by atoms with Crippen molar-refractivity contribution >= 4 is 23.4 Å². The molecule has 0 heterocycles. The van der Waals surface area contributed by atoms with Crippen LogP contribution in [0.15, 0.2) is 72.3 Å². The molecular formula is C27H25N3O5. The summed E-state index contributed by atoms with van der Waals surface area (Å²) >= 11 is 0. The highest BCUT2D eigenvalue weighted by Crippen LogP contribution is 2.34. The molecule has 8 heteroatoms. The van der Waals surface area contributed by atoms with Crippen LogP contribution in [0.3, 0.4) is 0 Å². The van der Waals surface area contributed by atoms with E-state index in [2.05, 4.69) is 26.1 Å². The molecule has 0 aliphatic carbocycles. The van der Waals surface area contributed by atoms with Crippen LogP contribution in [0.25, 0.3) is 6.08 Å². The number of nitro benzene ring substituents is 1. The van der Waals surface area contributed by atoms with E-state index in [4.69, 9.17) is 9.47 Å². The van der Waals surface area contributed by atoms with E-state index in [-0.39, 0.29) is 22.4 Å². The largest absolute Gasteiger partial charge is 0.497 e. The van der Waals surface area contributed by atoms with Crippen LogP contribution in [0, 0.1) is 21.4 Å². The number of carbonyl (C=O) groups is 1. The van der Waals surface area contributed by atoms with Crippen LogP contribution in [-0.2, 0) is 10.2 Å². The van der Waals surface area contributed by atoms with Crippen LogP contribution in [0.1, 0.15) is 31.9 Å². The molecule has 0 saturated heterocycles. The van der Waals surface area contributed by atoms with Crippen molar-refractivity contribution in [3.05, 3.63) is 93.5 Å². The van der Waals surface area contributed by atoms with E-state index in [0.717, 1.165) is 5.56 Å². The molecule has 3 aromatic carbocycles. The zero-order valence-corrected chi connectivity index (χ0v) is 19.9. The van der Waals surface area contributed by atoms with E-state index in [1.807, 2.05) is 18.2 Å². The standard InChI is InChI=1S/C27H25N3O5/c1-27(2,3)20-6-10-23(11-7-20)35-25-14-5-18(16-24(25)30(32)33)15-19(17-28)26(31)29-21-8-12-22(34-4)13-9-21/h5-16H,1-4H3,(H,29,31)/b19-15-. The maximum atomic E-state index is 12.5. The van der Waals surface area contributed by atoms with E-state index < -0.39 is 10.8 Å². The minimum Gasteiger partial charge on any atom is -0.497 e. The van der Waals surface area contributed by atoms with Crippen molar-refractivity contribution in [1.82, 2.24) is 0 Å². The van der Waals surface area contributed by atoms with Crippen LogP contribution in [0.2, 0.25) is 0 Å². The molecule has 3 rings (SSSR count). The average Bonchev–Trinajstić information content (AvgIpc) is 2.83. The Morgan fingerprint density at radius 2 is 1.66 bits per heavy atom. The Balaban J connectivity index is 1.82. The molecule has 1 amide bonds. The van der Waals surface area contributed by atoms with Gasteiger partial charge in [-0.1, -0.05) is 39.0 Å². The number of nitriles is 1. The third-order valence-corrected chi connectivity index (χ3v) is 5.15. The Morgan fingerprint density at radius 3 is 2.20 bits per heavy atom. The SMILES string of the molecule is COc1ccc(NC(=O)/C(C#N)=C\c2ccc(Oc3ccc(C(C)(C)C)cc3)c([N+](=O)[O-])c2)cc1. The molecule has 0 aliphatic heterocycles. The van der Waals surface area contributed by atoms with Gasteiger partial charge in [-0.3, -0.25) is 14.9 Å². The number of carbonyl (C=O) groups excluding carboxylic acids is 1. The number of rotatable bonds is 7. The van der Waals surface area contributed by atoms with Gasteiger partial charge in [0.25, 0.3) is 5.91 Å². The van der Waals surface area contributed by atoms with Gasteiger partial charge in [-0.2, -0.15) is 5.26 Å². The van der Waals surface area contributed by atoms with Gasteiger partial charge in [0.15, 0.2) is 0 Å². The van der Waals surface area contributed by atoms with Gasteiger partial charge in [-0.25, -0.2) is 0 Å². The number of anilines is 1. The van der Waals surface area contributed by atoms with Gasteiger partial charge >= 0.3 is 5.69 Å². The Hall–Kier alpha value is -4.64. The fourth-order valence-corrected chi connectivity index (χ4v) is 3.19. The second kappa shape index (κ2) is 10.5. The van der Waals surface area contributed by atoms with Gasteiger partial charge in [-0.05, 0) is 65.1 Å². The highest BCUT2D eigenvalue weighted by molar-refractivity contribution is 6.09. The summed E-state index contributed by atoms with van der Waals surface area (Å²) in [6, 6.07) is 20.0. The molecule has 0 fully saturated rings. The molecule has 0 saturated carbocycles. The normalized spacial score (nSPS) is 11.3. The molecule has 8 nitrogen and oxygen atoms in total. The van der Waals surface area contributed by atoms with E-state index in [1.165, 1.54) is 25.3 Å². The van der Waals surface area contributed by atoms with Crippen molar-refractivity contribution in [3.63, 3.8) is 0 Å². The third-order valence-electron chi connectivity index (χ3n) is 5.15. The topological polar surface area (TPSA) is 114 Å². The first kappa shape index (κ1) is 25.0. The molecule has 0 atom stereocenters. The summed E-state index contributed by atoms with van der Waals surface area (Å²) in [7, 11) is 1.53. The summed E-state index contributed by atoms with van der Waals surface area (Å²) in [6.45, 7) is 6.27. The highest BCUT2D eigenvalue weighted by Gasteiger charge is 2.19. The Labute approximate surface area is 203 Å². The molecule has 0 spiro atoms. The lowest BCUT2D eigenvalue weighted by Crippen LogP contribution is -2.13. The monoisotopic (exact) mass is 471 g/mol. The summed E-state index contributed by atoms with van der Waals surface area (Å²) in [5.41, 5.74) is 1.37. The third kappa shape index (κ3) is 6.45. The average molecular weight is 472 g/mol. The van der Waals surface area contributed by atoms with Crippen LogP contribution in [0.5, 0.6) is 17.2 Å².